The molecule has 0 amide bonds. The van der Waals surface area contributed by atoms with Gasteiger partial charge < -0.3 is 5.32 Å². The normalized spacial score (nSPS) is 12.7. The van der Waals surface area contributed by atoms with E-state index in [1.165, 1.54) is 16.7 Å². The highest BCUT2D eigenvalue weighted by Crippen LogP contribution is 2.22. The number of nitrogens with one attached hydrogen (secondary N) is 1. The summed E-state index contributed by atoms with van der Waals surface area (Å²) in [5.41, 5.74) is 4.10. The summed E-state index contributed by atoms with van der Waals surface area (Å²) in [6, 6.07) is 17.9. The fourth-order valence-corrected chi connectivity index (χ4v) is 2.62. The largest absolute Gasteiger partial charge is 0.313 e. The van der Waals surface area contributed by atoms with Gasteiger partial charge in [-0.1, -0.05) is 66.2 Å². The average Bonchev–Trinajstić information content (AvgIpc) is 2.46. The van der Waals surface area contributed by atoms with E-state index in [0.29, 0.717) is 12.0 Å². The van der Waals surface area contributed by atoms with Crippen LogP contribution in [0.4, 0.5) is 0 Å². The van der Waals surface area contributed by atoms with Crippen molar-refractivity contribution in [3.63, 3.8) is 0 Å². The molecule has 2 heteroatoms. The van der Waals surface area contributed by atoms with Gasteiger partial charge in [-0.2, -0.15) is 0 Å². The Hall–Kier alpha value is -1.12. The van der Waals surface area contributed by atoms with Crippen LogP contribution in [0.3, 0.4) is 0 Å². The summed E-state index contributed by atoms with van der Waals surface area (Å²) in [5, 5.41) is 3.41. The highest BCUT2D eigenvalue weighted by atomic mass is 79.9. The molecule has 0 heterocycles. The zero-order valence-corrected chi connectivity index (χ0v) is 13.9. The molecule has 0 aliphatic rings. The minimum atomic E-state index is 0.355. The molecule has 20 heavy (non-hydrogen) atoms. The summed E-state index contributed by atoms with van der Waals surface area (Å²) in [6.07, 6.45) is 1.01. The predicted octanol–water partition coefficient (Wildman–Crippen LogP) is 5.08. The predicted molar refractivity (Wildman–Crippen MR) is 90.2 cm³/mol. The summed E-state index contributed by atoms with van der Waals surface area (Å²) >= 11 is 3.48. The van der Waals surface area contributed by atoms with Crippen molar-refractivity contribution in [2.45, 2.75) is 32.2 Å². The molecule has 2 rings (SSSR count). The SMILES string of the molecule is CNC(Cc1ccc(C(C)C)cc1)c1ccc(Br)cc1. The molecule has 106 valence electrons. The first-order chi connectivity index (χ1) is 9.60. The van der Waals surface area contributed by atoms with Crippen molar-refractivity contribution >= 4 is 15.9 Å². The van der Waals surface area contributed by atoms with Crippen molar-refractivity contribution in [1.29, 1.82) is 0 Å². The number of likely N-dealkylation sites (N-methyl/N-ethyl adjacent to an activating group) is 1. The van der Waals surface area contributed by atoms with Gasteiger partial charge in [-0.15, -0.1) is 0 Å². The van der Waals surface area contributed by atoms with Crippen molar-refractivity contribution in [2.75, 3.05) is 7.05 Å². The first-order valence-electron chi connectivity index (χ1n) is 7.11. The fraction of sp³-hybridized carbons (Fsp3) is 0.333. The number of hydrogen-bond donors (Lipinski definition) is 1. The van der Waals surface area contributed by atoms with Crippen molar-refractivity contribution in [2.24, 2.45) is 0 Å². The summed E-state index contributed by atoms with van der Waals surface area (Å²) in [4.78, 5) is 0. The summed E-state index contributed by atoms with van der Waals surface area (Å²) in [5.74, 6) is 0.593. The van der Waals surface area contributed by atoms with Crippen LogP contribution >= 0.6 is 15.9 Å². The highest BCUT2D eigenvalue weighted by molar-refractivity contribution is 9.10. The lowest BCUT2D eigenvalue weighted by atomic mass is 9.96. The second-order valence-electron chi connectivity index (χ2n) is 5.49. The van der Waals surface area contributed by atoms with Crippen LogP contribution in [0, 0.1) is 0 Å². The van der Waals surface area contributed by atoms with Gasteiger partial charge in [0.05, 0.1) is 0 Å². The van der Waals surface area contributed by atoms with E-state index in [-0.39, 0.29) is 0 Å². The van der Waals surface area contributed by atoms with Crippen LogP contribution in [-0.4, -0.2) is 7.05 Å². The Morgan fingerprint density at radius 2 is 1.45 bits per heavy atom. The van der Waals surface area contributed by atoms with Crippen LogP contribution in [-0.2, 0) is 6.42 Å². The van der Waals surface area contributed by atoms with E-state index >= 15 is 0 Å². The second kappa shape index (κ2) is 7.05. The molecule has 0 saturated carbocycles. The van der Waals surface area contributed by atoms with Crippen molar-refractivity contribution < 1.29 is 0 Å². The number of benzene rings is 2. The highest BCUT2D eigenvalue weighted by Gasteiger charge is 2.10. The first-order valence-corrected chi connectivity index (χ1v) is 7.91. The minimum Gasteiger partial charge on any atom is -0.313 e. The molecule has 2 aromatic rings. The number of rotatable bonds is 5. The van der Waals surface area contributed by atoms with Gasteiger partial charge in [0, 0.05) is 10.5 Å². The maximum atomic E-state index is 3.48. The molecule has 0 aliphatic carbocycles. The van der Waals surface area contributed by atoms with Crippen LogP contribution in [0.5, 0.6) is 0 Å². The van der Waals surface area contributed by atoms with Gasteiger partial charge >= 0.3 is 0 Å². The van der Waals surface area contributed by atoms with Gasteiger partial charge in [-0.3, -0.25) is 0 Å². The standard InChI is InChI=1S/C18H22BrN/c1-13(2)15-6-4-14(5-7-15)12-18(20-3)16-8-10-17(19)11-9-16/h4-11,13,18,20H,12H2,1-3H3. The molecule has 0 aromatic heterocycles. The zero-order valence-electron chi connectivity index (χ0n) is 12.4. The summed E-state index contributed by atoms with van der Waals surface area (Å²) in [6.45, 7) is 4.46. The molecule has 1 unspecified atom stereocenters. The van der Waals surface area contributed by atoms with E-state index in [2.05, 4.69) is 83.6 Å². The molecular formula is C18H22BrN. The van der Waals surface area contributed by atoms with Gasteiger partial charge in [0.25, 0.3) is 0 Å². The van der Waals surface area contributed by atoms with Crippen LogP contribution in [0.25, 0.3) is 0 Å². The Morgan fingerprint density at radius 3 is 1.95 bits per heavy atom. The van der Waals surface area contributed by atoms with Crippen LogP contribution in [0.1, 0.15) is 42.5 Å². The van der Waals surface area contributed by atoms with Crippen molar-refractivity contribution in [3.05, 3.63) is 69.7 Å². The third-order valence-corrected chi connectivity index (χ3v) is 4.24. The average molecular weight is 332 g/mol. The van der Waals surface area contributed by atoms with E-state index in [9.17, 15) is 0 Å². The molecule has 1 atom stereocenters. The minimum absolute atomic E-state index is 0.355. The zero-order chi connectivity index (χ0) is 14.5. The summed E-state index contributed by atoms with van der Waals surface area (Å²) < 4.78 is 1.12. The molecule has 0 fully saturated rings. The second-order valence-corrected chi connectivity index (χ2v) is 6.41. The Bertz CT molecular complexity index is 528. The van der Waals surface area contributed by atoms with Crippen LogP contribution in [0.2, 0.25) is 0 Å². The maximum absolute atomic E-state index is 3.48. The van der Waals surface area contributed by atoms with Gasteiger partial charge in [0.15, 0.2) is 0 Å². The Morgan fingerprint density at radius 1 is 0.900 bits per heavy atom. The molecule has 1 nitrogen and oxygen atoms in total. The first kappa shape index (κ1) is 15.3. The van der Waals surface area contributed by atoms with E-state index in [1.54, 1.807) is 0 Å². The molecule has 2 aromatic carbocycles. The Kier molecular flexibility index (Phi) is 5.38. The van der Waals surface area contributed by atoms with Crippen molar-refractivity contribution in [1.82, 2.24) is 5.32 Å². The number of hydrogen-bond acceptors (Lipinski definition) is 1. The van der Waals surface area contributed by atoms with E-state index in [0.717, 1.165) is 10.9 Å². The van der Waals surface area contributed by atoms with Crippen LogP contribution < -0.4 is 5.32 Å². The van der Waals surface area contributed by atoms with Crippen LogP contribution in [0.15, 0.2) is 53.0 Å². The van der Waals surface area contributed by atoms with Crippen molar-refractivity contribution in [3.8, 4) is 0 Å². The van der Waals surface area contributed by atoms with Gasteiger partial charge in [0.1, 0.15) is 0 Å². The third-order valence-electron chi connectivity index (χ3n) is 3.71. The van der Waals surface area contributed by atoms with E-state index in [4.69, 9.17) is 0 Å². The van der Waals surface area contributed by atoms with E-state index < -0.39 is 0 Å². The molecule has 0 radical (unpaired) electrons. The monoisotopic (exact) mass is 331 g/mol. The topological polar surface area (TPSA) is 12.0 Å². The molecular weight excluding hydrogens is 310 g/mol. The third kappa shape index (κ3) is 3.94. The smallest absolute Gasteiger partial charge is 0.0358 e. The summed E-state index contributed by atoms with van der Waals surface area (Å²) in [7, 11) is 2.02. The number of halogens is 1. The maximum Gasteiger partial charge on any atom is 0.0358 e. The van der Waals surface area contributed by atoms with Gasteiger partial charge in [0.2, 0.25) is 0 Å². The lowest BCUT2D eigenvalue weighted by Gasteiger charge is -2.17. The molecule has 0 spiro atoms. The molecule has 0 aliphatic heterocycles. The molecule has 0 bridgehead atoms. The Balaban J connectivity index is 2.11. The molecule has 0 saturated heterocycles. The molecule has 1 N–H and O–H groups in total. The quantitative estimate of drug-likeness (QED) is 0.805. The van der Waals surface area contributed by atoms with E-state index in [1.807, 2.05) is 7.05 Å². The van der Waals surface area contributed by atoms with Gasteiger partial charge in [-0.05, 0) is 48.2 Å². The lowest BCUT2D eigenvalue weighted by molar-refractivity contribution is 0.592. The fourth-order valence-electron chi connectivity index (χ4n) is 2.36. The lowest BCUT2D eigenvalue weighted by Crippen LogP contribution is -2.18. The Labute approximate surface area is 130 Å². The van der Waals surface area contributed by atoms with Gasteiger partial charge in [-0.25, -0.2) is 0 Å².